The molecular weight excluding hydrogens is 320 g/mol. The molecule has 0 aliphatic heterocycles. The largest absolute Gasteiger partial charge is 0.491 e. The van der Waals surface area contributed by atoms with Gasteiger partial charge in [-0.25, -0.2) is 4.68 Å². The quantitative estimate of drug-likeness (QED) is 0.660. The minimum absolute atomic E-state index is 0.118. The van der Waals surface area contributed by atoms with Crippen LogP contribution in [0.1, 0.15) is 32.2 Å². The number of H-pyrrole nitrogens is 1. The molecule has 0 spiro atoms. The van der Waals surface area contributed by atoms with E-state index in [1.165, 1.54) is 10.8 Å². The number of nitrogens with zero attached hydrogens (tertiary/aromatic N) is 2. The Morgan fingerprint density at radius 1 is 1.25 bits per heavy atom. The van der Waals surface area contributed by atoms with E-state index in [1.54, 1.807) is 0 Å². The van der Waals surface area contributed by atoms with E-state index in [0.29, 0.717) is 11.3 Å². The van der Waals surface area contributed by atoms with Crippen molar-refractivity contribution in [3.63, 3.8) is 0 Å². The van der Waals surface area contributed by atoms with Gasteiger partial charge in [-0.3, -0.25) is 5.10 Å². The molecule has 0 radical (unpaired) electrons. The SMILES string of the molecule is CCc1n[nH]c(=S)n1NCc1c(OC(C)C)ccc2ccccc12. The normalized spacial score (nSPS) is 11.2. The zero-order chi connectivity index (χ0) is 17.1. The molecule has 0 amide bonds. The maximum atomic E-state index is 6.01. The van der Waals surface area contributed by atoms with Crippen LogP contribution >= 0.6 is 12.2 Å². The number of benzene rings is 2. The average Bonchev–Trinajstić information content (AvgIpc) is 2.93. The fourth-order valence-electron chi connectivity index (χ4n) is 2.75. The van der Waals surface area contributed by atoms with Crippen molar-refractivity contribution in [2.24, 2.45) is 0 Å². The second-order valence-electron chi connectivity index (χ2n) is 5.90. The fraction of sp³-hybridized carbons (Fsp3) is 0.333. The van der Waals surface area contributed by atoms with Crippen LogP contribution in [-0.4, -0.2) is 21.0 Å². The molecule has 126 valence electrons. The summed E-state index contributed by atoms with van der Waals surface area (Å²) in [6, 6.07) is 12.5. The Kier molecular flexibility index (Phi) is 4.85. The molecule has 0 bridgehead atoms. The second-order valence-corrected chi connectivity index (χ2v) is 6.29. The summed E-state index contributed by atoms with van der Waals surface area (Å²) in [6.07, 6.45) is 0.914. The number of fused-ring (bicyclic) bond motifs is 1. The van der Waals surface area contributed by atoms with E-state index in [1.807, 2.05) is 43.6 Å². The highest BCUT2D eigenvalue weighted by Crippen LogP contribution is 2.29. The predicted octanol–water partition coefficient (Wildman–Crippen LogP) is 4.19. The minimum Gasteiger partial charge on any atom is -0.491 e. The zero-order valence-electron chi connectivity index (χ0n) is 14.2. The lowest BCUT2D eigenvalue weighted by Crippen LogP contribution is -2.18. The summed E-state index contributed by atoms with van der Waals surface area (Å²) < 4.78 is 8.41. The fourth-order valence-corrected chi connectivity index (χ4v) is 2.97. The van der Waals surface area contributed by atoms with E-state index in [4.69, 9.17) is 17.0 Å². The molecule has 0 aliphatic rings. The topological polar surface area (TPSA) is 54.9 Å². The predicted molar refractivity (Wildman–Crippen MR) is 99.6 cm³/mol. The van der Waals surface area contributed by atoms with Crippen molar-refractivity contribution in [2.45, 2.75) is 39.8 Å². The van der Waals surface area contributed by atoms with Crippen molar-refractivity contribution < 1.29 is 4.74 Å². The lowest BCUT2D eigenvalue weighted by atomic mass is 10.0. The molecule has 24 heavy (non-hydrogen) atoms. The van der Waals surface area contributed by atoms with Crippen molar-refractivity contribution >= 4 is 23.0 Å². The third-order valence-corrected chi connectivity index (χ3v) is 4.11. The lowest BCUT2D eigenvalue weighted by Gasteiger charge is -2.18. The number of hydrogen-bond acceptors (Lipinski definition) is 4. The highest BCUT2D eigenvalue weighted by atomic mass is 32.1. The van der Waals surface area contributed by atoms with Crippen molar-refractivity contribution in [3.8, 4) is 5.75 Å². The molecule has 6 heteroatoms. The first-order valence-electron chi connectivity index (χ1n) is 8.17. The first-order chi connectivity index (χ1) is 11.6. The molecule has 3 rings (SSSR count). The van der Waals surface area contributed by atoms with Gasteiger partial charge in [-0.2, -0.15) is 5.10 Å². The molecular formula is C18H22N4OS. The van der Waals surface area contributed by atoms with Crippen molar-refractivity contribution in [1.29, 1.82) is 0 Å². The molecule has 0 atom stereocenters. The van der Waals surface area contributed by atoms with E-state index >= 15 is 0 Å². The highest BCUT2D eigenvalue weighted by Gasteiger charge is 2.11. The molecule has 2 N–H and O–H groups in total. The molecule has 1 aromatic heterocycles. The van der Waals surface area contributed by atoms with Gasteiger partial charge in [-0.05, 0) is 42.9 Å². The Morgan fingerprint density at radius 2 is 2.04 bits per heavy atom. The smallest absolute Gasteiger partial charge is 0.214 e. The Bertz CT molecular complexity index is 897. The Labute approximate surface area is 146 Å². The van der Waals surface area contributed by atoms with Crippen molar-refractivity contribution in [3.05, 3.63) is 52.6 Å². The molecule has 0 fully saturated rings. The molecule has 2 aromatic carbocycles. The van der Waals surface area contributed by atoms with Crippen LogP contribution in [0.15, 0.2) is 36.4 Å². The summed E-state index contributed by atoms with van der Waals surface area (Å²) in [5.41, 5.74) is 4.49. The van der Waals surface area contributed by atoms with Gasteiger partial charge >= 0.3 is 0 Å². The van der Waals surface area contributed by atoms with Crippen LogP contribution in [0.5, 0.6) is 5.75 Å². The Hall–Kier alpha value is -2.34. The van der Waals surface area contributed by atoms with Gasteiger partial charge in [-0.1, -0.05) is 37.3 Å². The monoisotopic (exact) mass is 342 g/mol. The molecule has 0 unspecified atom stereocenters. The average molecular weight is 342 g/mol. The summed E-state index contributed by atoms with van der Waals surface area (Å²) in [6.45, 7) is 6.72. The summed E-state index contributed by atoms with van der Waals surface area (Å²) in [7, 11) is 0. The van der Waals surface area contributed by atoms with Crippen molar-refractivity contribution in [1.82, 2.24) is 14.9 Å². The van der Waals surface area contributed by atoms with Gasteiger partial charge in [0, 0.05) is 12.0 Å². The van der Waals surface area contributed by atoms with Gasteiger partial charge in [0.05, 0.1) is 12.6 Å². The number of aromatic nitrogens is 3. The molecule has 0 saturated heterocycles. The van der Waals surface area contributed by atoms with Gasteiger partial charge in [0.1, 0.15) is 5.75 Å². The number of ether oxygens (including phenoxy) is 1. The second kappa shape index (κ2) is 7.05. The van der Waals surface area contributed by atoms with Crippen LogP contribution in [0.25, 0.3) is 10.8 Å². The molecule has 0 aliphatic carbocycles. The van der Waals surface area contributed by atoms with Crippen LogP contribution in [-0.2, 0) is 13.0 Å². The Morgan fingerprint density at radius 3 is 2.79 bits per heavy atom. The van der Waals surface area contributed by atoms with E-state index in [9.17, 15) is 0 Å². The van der Waals surface area contributed by atoms with Gasteiger partial charge in [0.15, 0.2) is 5.82 Å². The van der Waals surface area contributed by atoms with E-state index in [0.717, 1.165) is 23.6 Å². The van der Waals surface area contributed by atoms with Gasteiger partial charge < -0.3 is 10.2 Å². The maximum Gasteiger partial charge on any atom is 0.214 e. The molecule has 1 heterocycles. The van der Waals surface area contributed by atoms with Crippen LogP contribution in [0.3, 0.4) is 0 Å². The number of aryl methyl sites for hydroxylation is 1. The van der Waals surface area contributed by atoms with Gasteiger partial charge in [-0.15, -0.1) is 0 Å². The standard InChI is InChI=1S/C18H22N4OS/c1-4-17-20-21-18(24)22(17)19-11-15-14-8-6-5-7-13(14)9-10-16(15)23-12(2)3/h5-10,12,19H,4,11H2,1-3H3,(H,21,24). The highest BCUT2D eigenvalue weighted by molar-refractivity contribution is 7.71. The van der Waals surface area contributed by atoms with Crippen LogP contribution in [0.4, 0.5) is 0 Å². The van der Waals surface area contributed by atoms with Gasteiger partial charge in [0.2, 0.25) is 4.77 Å². The number of rotatable bonds is 6. The third-order valence-electron chi connectivity index (χ3n) is 3.83. The molecule has 5 nitrogen and oxygen atoms in total. The number of aromatic amines is 1. The van der Waals surface area contributed by atoms with Gasteiger partial charge in [0.25, 0.3) is 0 Å². The van der Waals surface area contributed by atoms with Crippen molar-refractivity contribution in [2.75, 3.05) is 5.43 Å². The van der Waals surface area contributed by atoms with Crippen LogP contribution in [0, 0.1) is 4.77 Å². The van der Waals surface area contributed by atoms with E-state index in [-0.39, 0.29) is 6.10 Å². The minimum atomic E-state index is 0.118. The molecule has 0 saturated carbocycles. The summed E-state index contributed by atoms with van der Waals surface area (Å²) in [5, 5.41) is 9.43. The third kappa shape index (κ3) is 3.28. The molecule has 3 aromatic rings. The number of hydrogen-bond donors (Lipinski definition) is 2. The first kappa shape index (κ1) is 16.5. The maximum absolute atomic E-state index is 6.01. The van der Waals surface area contributed by atoms with E-state index in [2.05, 4.69) is 33.8 Å². The number of nitrogens with one attached hydrogen (secondary N) is 2. The summed E-state index contributed by atoms with van der Waals surface area (Å²) >= 11 is 5.30. The first-order valence-corrected chi connectivity index (χ1v) is 8.58. The summed E-state index contributed by atoms with van der Waals surface area (Å²) in [4.78, 5) is 0. The Balaban J connectivity index is 2.00. The summed E-state index contributed by atoms with van der Waals surface area (Å²) in [5.74, 6) is 1.77. The van der Waals surface area contributed by atoms with Crippen LogP contribution < -0.4 is 10.2 Å². The lowest BCUT2D eigenvalue weighted by molar-refractivity contribution is 0.240. The zero-order valence-corrected chi connectivity index (χ0v) is 15.0. The van der Waals surface area contributed by atoms with Crippen LogP contribution in [0.2, 0.25) is 0 Å². The van der Waals surface area contributed by atoms with E-state index < -0.39 is 0 Å².